The van der Waals surface area contributed by atoms with Crippen LogP contribution in [-0.4, -0.2) is 9.55 Å². The highest BCUT2D eigenvalue weighted by molar-refractivity contribution is 5.28. The highest BCUT2D eigenvalue weighted by atomic mass is 16.1. The molecule has 0 saturated heterocycles. The van der Waals surface area contributed by atoms with Gasteiger partial charge in [-0.15, -0.1) is 0 Å². The summed E-state index contributed by atoms with van der Waals surface area (Å²) in [6.07, 6.45) is 0. The Hall–Kier alpha value is -1.32. The van der Waals surface area contributed by atoms with Crippen molar-refractivity contribution in [3.63, 3.8) is 0 Å². The molecule has 0 amide bonds. The van der Waals surface area contributed by atoms with E-state index in [1.807, 2.05) is 20.8 Å². The maximum absolute atomic E-state index is 12.1. The van der Waals surface area contributed by atoms with E-state index in [9.17, 15) is 4.79 Å². The van der Waals surface area contributed by atoms with Crippen LogP contribution < -0.4 is 11.3 Å². The first-order valence-electron chi connectivity index (χ1n) is 5.71. The van der Waals surface area contributed by atoms with Crippen LogP contribution in [0.1, 0.15) is 44.9 Å². The van der Waals surface area contributed by atoms with Crippen LogP contribution >= 0.6 is 0 Å². The summed E-state index contributed by atoms with van der Waals surface area (Å²) in [4.78, 5) is 16.4. The van der Waals surface area contributed by atoms with Crippen LogP contribution in [0.25, 0.3) is 0 Å². The van der Waals surface area contributed by atoms with Crippen LogP contribution in [0.5, 0.6) is 0 Å². The fraction of sp³-hybridized carbons (Fsp3) is 0.667. The minimum absolute atomic E-state index is 0.00935. The van der Waals surface area contributed by atoms with Crippen molar-refractivity contribution in [1.82, 2.24) is 9.55 Å². The molecule has 0 fully saturated rings. The molecule has 16 heavy (non-hydrogen) atoms. The van der Waals surface area contributed by atoms with E-state index in [0.29, 0.717) is 24.0 Å². The quantitative estimate of drug-likeness (QED) is 0.851. The Balaban J connectivity index is 3.35. The summed E-state index contributed by atoms with van der Waals surface area (Å²) in [5.41, 5.74) is 7.34. The van der Waals surface area contributed by atoms with Gasteiger partial charge in [0.15, 0.2) is 0 Å². The summed E-state index contributed by atoms with van der Waals surface area (Å²) >= 11 is 0. The van der Waals surface area contributed by atoms with Crippen LogP contribution in [0.3, 0.4) is 0 Å². The molecular formula is C12H21N3O. The third-order valence-electron chi connectivity index (χ3n) is 2.56. The van der Waals surface area contributed by atoms with Crippen molar-refractivity contribution in [2.75, 3.05) is 5.73 Å². The van der Waals surface area contributed by atoms with E-state index >= 15 is 0 Å². The minimum atomic E-state index is -0.00935. The summed E-state index contributed by atoms with van der Waals surface area (Å²) in [5.74, 6) is 0.933. The molecule has 2 N–H and O–H groups in total. The van der Waals surface area contributed by atoms with Crippen molar-refractivity contribution in [2.24, 2.45) is 5.92 Å². The largest absolute Gasteiger partial charge is 0.369 e. The summed E-state index contributed by atoms with van der Waals surface area (Å²) in [6, 6.07) is 0. The second kappa shape index (κ2) is 4.68. The number of rotatable bonds is 3. The molecule has 4 heteroatoms. The topological polar surface area (TPSA) is 60.9 Å². The van der Waals surface area contributed by atoms with Crippen LogP contribution in [0.4, 0.5) is 5.95 Å². The normalized spacial score (nSPS) is 11.4. The Labute approximate surface area is 96.5 Å². The molecule has 0 aromatic carbocycles. The van der Waals surface area contributed by atoms with Crippen LogP contribution in [0.15, 0.2) is 4.79 Å². The molecule has 0 aliphatic carbocycles. The first-order chi connectivity index (χ1) is 7.34. The molecule has 1 aromatic heterocycles. The highest BCUT2D eigenvalue weighted by Crippen LogP contribution is 2.15. The lowest BCUT2D eigenvalue weighted by Crippen LogP contribution is -2.29. The van der Waals surface area contributed by atoms with Gasteiger partial charge in [0.25, 0.3) is 5.56 Å². The molecule has 4 nitrogen and oxygen atoms in total. The van der Waals surface area contributed by atoms with E-state index in [1.54, 1.807) is 4.57 Å². The molecule has 1 rings (SSSR count). The fourth-order valence-electron chi connectivity index (χ4n) is 1.79. The molecule has 0 aliphatic rings. The van der Waals surface area contributed by atoms with Gasteiger partial charge in [0.1, 0.15) is 0 Å². The van der Waals surface area contributed by atoms with Crippen LogP contribution in [-0.2, 0) is 6.54 Å². The molecular weight excluding hydrogens is 202 g/mol. The number of nitrogens with zero attached hydrogens (tertiary/aromatic N) is 2. The van der Waals surface area contributed by atoms with Crippen molar-refractivity contribution in [2.45, 2.75) is 47.1 Å². The zero-order valence-corrected chi connectivity index (χ0v) is 10.7. The van der Waals surface area contributed by atoms with Crippen molar-refractivity contribution < 1.29 is 0 Å². The van der Waals surface area contributed by atoms with E-state index in [2.05, 4.69) is 18.8 Å². The Morgan fingerprint density at radius 2 is 1.88 bits per heavy atom. The van der Waals surface area contributed by atoms with Gasteiger partial charge in [-0.05, 0) is 18.8 Å². The van der Waals surface area contributed by atoms with E-state index in [1.165, 1.54) is 0 Å². The Kier molecular flexibility index (Phi) is 3.73. The molecule has 1 aromatic rings. The van der Waals surface area contributed by atoms with E-state index in [4.69, 9.17) is 5.73 Å². The lowest BCUT2D eigenvalue weighted by molar-refractivity contribution is 0.507. The Morgan fingerprint density at radius 1 is 1.31 bits per heavy atom. The molecule has 0 bridgehead atoms. The van der Waals surface area contributed by atoms with Gasteiger partial charge in [0, 0.05) is 12.1 Å². The van der Waals surface area contributed by atoms with Crippen LogP contribution in [0, 0.1) is 12.8 Å². The predicted octanol–water partition coefficient (Wildman–Crippen LogP) is 1.91. The number of anilines is 1. The number of hydrogen-bond donors (Lipinski definition) is 1. The second-order valence-corrected chi connectivity index (χ2v) is 4.94. The SMILES string of the molecule is Cc1c(C(C)C)nc(N)n(CC(C)C)c1=O. The Morgan fingerprint density at radius 3 is 2.31 bits per heavy atom. The van der Waals surface area contributed by atoms with Gasteiger partial charge < -0.3 is 5.73 Å². The van der Waals surface area contributed by atoms with Gasteiger partial charge >= 0.3 is 0 Å². The van der Waals surface area contributed by atoms with Crippen molar-refractivity contribution in [3.05, 3.63) is 21.6 Å². The van der Waals surface area contributed by atoms with Gasteiger partial charge in [-0.1, -0.05) is 27.7 Å². The van der Waals surface area contributed by atoms with E-state index in [0.717, 1.165) is 5.69 Å². The van der Waals surface area contributed by atoms with Gasteiger partial charge in [-0.2, -0.15) is 0 Å². The molecule has 1 heterocycles. The first-order valence-corrected chi connectivity index (χ1v) is 5.71. The van der Waals surface area contributed by atoms with Crippen LogP contribution in [0.2, 0.25) is 0 Å². The molecule has 0 unspecified atom stereocenters. The summed E-state index contributed by atoms with van der Waals surface area (Å²) in [7, 11) is 0. The lowest BCUT2D eigenvalue weighted by Gasteiger charge is -2.15. The average molecular weight is 223 g/mol. The zero-order chi connectivity index (χ0) is 12.5. The molecule has 0 spiro atoms. The smallest absolute Gasteiger partial charge is 0.258 e. The van der Waals surface area contributed by atoms with Crippen molar-refractivity contribution in [1.29, 1.82) is 0 Å². The second-order valence-electron chi connectivity index (χ2n) is 4.94. The molecule has 0 atom stereocenters. The summed E-state index contributed by atoms with van der Waals surface area (Å²) in [5, 5.41) is 0. The monoisotopic (exact) mass is 223 g/mol. The number of aromatic nitrogens is 2. The molecule has 0 aliphatic heterocycles. The maximum Gasteiger partial charge on any atom is 0.258 e. The Bertz CT molecular complexity index is 433. The number of nitrogen functional groups attached to an aromatic ring is 1. The average Bonchev–Trinajstić information content (AvgIpc) is 2.17. The number of nitrogens with two attached hydrogens (primary N) is 1. The summed E-state index contributed by atoms with van der Waals surface area (Å²) in [6.45, 7) is 10.6. The maximum atomic E-state index is 12.1. The summed E-state index contributed by atoms with van der Waals surface area (Å²) < 4.78 is 1.56. The van der Waals surface area contributed by atoms with Gasteiger partial charge in [-0.25, -0.2) is 4.98 Å². The van der Waals surface area contributed by atoms with Gasteiger partial charge in [0.05, 0.1) is 5.69 Å². The van der Waals surface area contributed by atoms with Crippen molar-refractivity contribution >= 4 is 5.95 Å². The number of hydrogen-bond acceptors (Lipinski definition) is 3. The lowest BCUT2D eigenvalue weighted by atomic mass is 10.1. The van der Waals surface area contributed by atoms with Gasteiger partial charge in [-0.3, -0.25) is 9.36 Å². The van der Waals surface area contributed by atoms with Crippen molar-refractivity contribution in [3.8, 4) is 0 Å². The third-order valence-corrected chi connectivity index (χ3v) is 2.56. The van der Waals surface area contributed by atoms with Gasteiger partial charge in [0.2, 0.25) is 5.95 Å². The molecule has 90 valence electrons. The molecule has 0 saturated carbocycles. The molecule has 0 radical (unpaired) electrons. The third kappa shape index (κ3) is 2.43. The predicted molar refractivity (Wildman–Crippen MR) is 66.6 cm³/mol. The first kappa shape index (κ1) is 12.7. The van der Waals surface area contributed by atoms with E-state index in [-0.39, 0.29) is 11.5 Å². The standard InChI is InChI=1S/C12H21N3O/c1-7(2)6-15-11(16)9(5)10(8(3)4)14-12(15)13/h7-8H,6H2,1-5H3,(H2,13,14). The minimum Gasteiger partial charge on any atom is -0.369 e. The fourth-order valence-corrected chi connectivity index (χ4v) is 1.79. The zero-order valence-electron chi connectivity index (χ0n) is 10.7. The van der Waals surface area contributed by atoms with E-state index < -0.39 is 0 Å². The highest BCUT2D eigenvalue weighted by Gasteiger charge is 2.14.